The van der Waals surface area contributed by atoms with E-state index < -0.39 is 144 Å². The Morgan fingerprint density at radius 1 is 0.359 bits per heavy atom. The average molecular weight is 929 g/mol. The van der Waals surface area contributed by atoms with E-state index >= 15 is 35.1 Å². The maximum absolute atomic E-state index is 15.4. The fourth-order valence-corrected chi connectivity index (χ4v) is 7.24. The van der Waals surface area contributed by atoms with Gasteiger partial charge in [-0.25, -0.2) is 87.8 Å². The van der Waals surface area contributed by atoms with E-state index in [4.69, 9.17) is 4.74 Å². The lowest BCUT2D eigenvalue weighted by molar-refractivity contribution is -0.691. The molecule has 0 aliphatic heterocycles. The summed E-state index contributed by atoms with van der Waals surface area (Å²) >= 11 is 0. The molecule has 0 fully saturated rings. The highest BCUT2D eigenvalue weighted by Crippen LogP contribution is 2.31. The first-order valence-electron chi connectivity index (χ1n) is 17.3. The standard InChI is InChI=1S/C24BF20.C17H16NO/c26-5-1(6(27)14(35)21(42)13(5)34)25(2-7(28)15(36)22(43)16(37)8(2)29,3-9(30)17(38)23(44)18(39)10(3)31)4-11(32)19(40)24(45)20(41)12(4)33;1-19-17-16-10-6-5-9-15(16)11-12-18(17)13-14-7-3-2-4-8-14/h;2-12H,13H2,1H3/q-1;+1. The molecule has 0 atom stereocenters. The topological polar surface area (TPSA) is 13.1 Å². The van der Waals surface area contributed by atoms with Gasteiger partial charge >= 0.3 is 5.88 Å². The summed E-state index contributed by atoms with van der Waals surface area (Å²) in [4.78, 5) is 0. The lowest BCUT2D eigenvalue weighted by Gasteiger charge is -2.44. The number of aromatic nitrogens is 1. The molecule has 0 bridgehead atoms. The van der Waals surface area contributed by atoms with Crippen molar-refractivity contribution < 1.29 is 97.1 Å². The molecule has 7 aromatic rings. The van der Waals surface area contributed by atoms with E-state index in [-0.39, 0.29) is 0 Å². The Morgan fingerprint density at radius 2 is 0.641 bits per heavy atom. The molecule has 0 aliphatic carbocycles. The van der Waals surface area contributed by atoms with Gasteiger partial charge < -0.3 is 4.74 Å². The van der Waals surface area contributed by atoms with Gasteiger partial charge in [-0.3, -0.25) is 0 Å². The number of pyridine rings is 1. The highest BCUT2D eigenvalue weighted by atomic mass is 19.2. The minimum Gasteiger partial charge on any atom is -0.447 e. The maximum atomic E-state index is 15.4. The second kappa shape index (κ2) is 17.4. The van der Waals surface area contributed by atoms with Gasteiger partial charge in [0.05, 0.1) is 12.5 Å². The zero-order valence-corrected chi connectivity index (χ0v) is 31.1. The van der Waals surface area contributed by atoms with Gasteiger partial charge in [-0.15, -0.1) is 21.9 Å². The number of methoxy groups -OCH3 is 1. The van der Waals surface area contributed by atoms with Crippen LogP contribution in [0.5, 0.6) is 5.88 Å². The van der Waals surface area contributed by atoms with Crippen LogP contribution >= 0.6 is 0 Å². The van der Waals surface area contributed by atoms with Crippen LogP contribution in [0.2, 0.25) is 0 Å². The van der Waals surface area contributed by atoms with E-state index in [1.54, 1.807) is 7.11 Å². The number of rotatable bonds is 7. The quantitative estimate of drug-likeness (QED) is 0.0512. The largest absolute Gasteiger partial charge is 0.447 e. The Morgan fingerprint density at radius 3 is 0.953 bits per heavy atom. The third-order valence-corrected chi connectivity index (χ3v) is 9.98. The molecule has 334 valence electrons. The van der Waals surface area contributed by atoms with Crippen LogP contribution in [0.25, 0.3) is 10.8 Å². The predicted octanol–water partition coefficient (Wildman–Crippen LogP) is 9.03. The third-order valence-electron chi connectivity index (χ3n) is 9.98. The molecule has 7 rings (SSSR count). The number of benzene rings is 6. The SMILES string of the molecule is COc1c2ccccc2cc[n+]1Cc1ccccc1.Fc1c(F)c(F)c([B-](c2c(F)c(F)c(F)c(F)c2F)(c2c(F)c(F)c(F)c(F)c2F)c2c(F)c(F)c(F)c(F)c2F)c(F)c1F. The molecule has 0 N–H and O–H groups in total. The molecular weight excluding hydrogens is 913 g/mol. The average Bonchev–Trinajstić information content (AvgIpc) is 3.29. The Hall–Kier alpha value is -6.81. The van der Waals surface area contributed by atoms with Crippen LogP contribution < -0.4 is 31.2 Å². The summed E-state index contributed by atoms with van der Waals surface area (Å²) in [6.07, 6.45) is -5.14. The van der Waals surface area contributed by atoms with Gasteiger partial charge in [-0.05, 0) is 11.5 Å². The molecule has 23 heteroatoms. The van der Waals surface area contributed by atoms with Crippen molar-refractivity contribution in [1.82, 2.24) is 0 Å². The van der Waals surface area contributed by atoms with Crippen molar-refractivity contribution in [1.29, 1.82) is 0 Å². The summed E-state index contributed by atoms with van der Waals surface area (Å²) in [6.45, 7) is 0.814. The summed E-state index contributed by atoms with van der Waals surface area (Å²) in [7, 11) is 1.73. The van der Waals surface area contributed by atoms with Gasteiger partial charge in [-0.1, -0.05) is 48.5 Å². The first-order valence-corrected chi connectivity index (χ1v) is 17.3. The highest BCUT2D eigenvalue weighted by molar-refractivity contribution is 7.20. The summed E-state index contributed by atoms with van der Waals surface area (Å²) in [5.74, 6) is -70.5. The summed E-state index contributed by atoms with van der Waals surface area (Å²) in [5, 5.41) is 2.34. The predicted molar refractivity (Wildman–Crippen MR) is 185 cm³/mol. The first-order chi connectivity index (χ1) is 30.1. The molecular formula is C41H16BF20NO. The highest BCUT2D eigenvalue weighted by Gasteiger charge is 2.52. The van der Waals surface area contributed by atoms with Crippen LogP contribution in [0.15, 0.2) is 66.9 Å². The van der Waals surface area contributed by atoms with Crippen molar-refractivity contribution in [3.8, 4) is 5.88 Å². The van der Waals surface area contributed by atoms with Crippen molar-refractivity contribution in [2.45, 2.75) is 6.54 Å². The van der Waals surface area contributed by atoms with Crippen molar-refractivity contribution in [3.05, 3.63) is 189 Å². The third kappa shape index (κ3) is 7.09. The summed E-state index contributed by atoms with van der Waals surface area (Å²) in [5.41, 5.74) is -13.1. The lowest BCUT2D eigenvalue weighted by atomic mass is 9.12. The molecule has 2 nitrogen and oxygen atoms in total. The molecule has 0 unspecified atom stereocenters. The number of ether oxygens (including phenoxy) is 1. The van der Waals surface area contributed by atoms with Gasteiger partial charge in [0.2, 0.25) is 0 Å². The molecule has 0 aliphatic rings. The van der Waals surface area contributed by atoms with E-state index in [1.807, 2.05) is 18.2 Å². The molecule has 0 radical (unpaired) electrons. The van der Waals surface area contributed by atoms with Crippen molar-refractivity contribution in [2.24, 2.45) is 0 Å². The first kappa shape index (κ1) is 46.7. The van der Waals surface area contributed by atoms with Crippen LogP contribution in [0.1, 0.15) is 5.56 Å². The minimum atomic E-state index is -7.22. The van der Waals surface area contributed by atoms with Crippen LogP contribution in [-0.4, -0.2) is 13.3 Å². The van der Waals surface area contributed by atoms with Crippen LogP contribution in [0.3, 0.4) is 0 Å². The minimum absolute atomic E-state index is 0.814. The smallest absolute Gasteiger partial charge is 0.375 e. The molecule has 1 heterocycles. The monoisotopic (exact) mass is 929 g/mol. The van der Waals surface area contributed by atoms with Gasteiger partial charge in [0.25, 0.3) is 0 Å². The van der Waals surface area contributed by atoms with Crippen LogP contribution in [-0.2, 0) is 6.54 Å². The zero-order valence-electron chi connectivity index (χ0n) is 31.1. The van der Waals surface area contributed by atoms with Crippen molar-refractivity contribution in [2.75, 3.05) is 7.11 Å². The fourth-order valence-electron chi connectivity index (χ4n) is 7.24. The number of fused-ring (bicyclic) bond motifs is 1. The Kier molecular flexibility index (Phi) is 12.7. The molecule has 64 heavy (non-hydrogen) atoms. The number of nitrogens with zero attached hydrogens (tertiary/aromatic N) is 1. The van der Waals surface area contributed by atoms with Crippen LogP contribution in [0.4, 0.5) is 87.8 Å². The normalized spacial score (nSPS) is 11.6. The Balaban J connectivity index is 0.000000295. The van der Waals surface area contributed by atoms with E-state index in [2.05, 4.69) is 53.2 Å². The second-order valence-corrected chi connectivity index (χ2v) is 13.3. The fraction of sp³-hybridized carbons (Fsp3) is 0.0488. The second-order valence-electron chi connectivity index (χ2n) is 13.3. The molecule has 0 amide bonds. The Bertz CT molecular complexity index is 2640. The number of halogens is 20. The molecule has 0 saturated heterocycles. The van der Waals surface area contributed by atoms with E-state index in [1.165, 1.54) is 10.9 Å². The molecule has 0 saturated carbocycles. The van der Waals surface area contributed by atoms with Gasteiger partial charge in [-0.2, -0.15) is 4.57 Å². The number of hydrogen-bond acceptors (Lipinski definition) is 1. The zero-order chi connectivity index (χ0) is 47.4. The van der Waals surface area contributed by atoms with Crippen LogP contribution in [0, 0.1) is 116 Å². The summed E-state index contributed by atoms with van der Waals surface area (Å²) in [6, 6.07) is 20.8. The molecule has 0 spiro atoms. The van der Waals surface area contributed by atoms with E-state index in [0.29, 0.717) is 0 Å². The lowest BCUT2D eigenvalue weighted by Crippen LogP contribution is -2.81. The van der Waals surface area contributed by atoms with Crippen molar-refractivity contribution in [3.63, 3.8) is 0 Å². The van der Waals surface area contributed by atoms with Gasteiger partial charge in [0.15, 0.2) is 82.5 Å². The Labute approximate surface area is 344 Å². The molecule has 6 aromatic carbocycles. The molecule has 1 aromatic heterocycles. The number of hydrogen-bond donors (Lipinski definition) is 0. The maximum Gasteiger partial charge on any atom is 0.375 e. The van der Waals surface area contributed by atoms with E-state index in [0.717, 1.165) is 17.8 Å². The van der Waals surface area contributed by atoms with E-state index in [9.17, 15) is 52.7 Å². The summed E-state index contributed by atoms with van der Waals surface area (Å²) < 4.78 is 302. The van der Waals surface area contributed by atoms with Gasteiger partial charge in [0.1, 0.15) is 52.7 Å². The van der Waals surface area contributed by atoms with Gasteiger partial charge in [0, 0.05) is 11.6 Å². The van der Waals surface area contributed by atoms with Crippen molar-refractivity contribution >= 4 is 38.8 Å².